The number of nitrogens with zero attached hydrogens (tertiary/aromatic N) is 2. The molecule has 1 rings (SSSR count). The highest BCUT2D eigenvalue weighted by Gasteiger charge is 2.10. The lowest BCUT2D eigenvalue weighted by atomic mass is 10.1. The highest BCUT2D eigenvalue weighted by molar-refractivity contribution is 8.93. The smallest absolute Gasteiger partial charge is 0.0893 e. The third-order valence-corrected chi connectivity index (χ3v) is 3.95. The van der Waals surface area contributed by atoms with Crippen LogP contribution in [0.25, 0.3) is 0 Å². The molecule has 0 amide bonds. The van der Waals surface area contributed by atoms with E-state index in [1.54, 1.807) is 0 Å². The van der Waals surface area contributed by atoms with Gasteiger partial charge in [0, 0.05) is 25.5 Å². The van der Waals surface area contributed by atoms with Crippen LogP contribution in [-0.4, -0.2) is 29.6 Å². The lowest BCUT2D eigenvalue weighted by Crippen LogP contribution is -2.26. The molecule has 0 saturated carbocycles. The van der Waals surface area contributed by atoms with Crippen LogP contribution < -0.4 is 0 Å². The first-order chi connectivity index (χ1) is 9.36. The Bertz CT molecular complexity index is 231. The fourth-order valence-corrected chi connectivity index (χ4v) is 2.62. The van der Waals surface area contributed by atoms with E-state index >= 15 is 0 Å². The van der Waals surface area contributed by atoms with Crippen molar-refractivity contribution in [3.05, 3.63) is 12.4 Å². The minimum atomic E-state index is 0. The third kappa shape index (κ3) is 9.68. The molecule has 0 atom stereocenters. The molecule has 1 aliphatic heterocycles. The minimum absolute atomic E-state index is 0. The number of rotatable bonds is 12. The quantitative estimate of drug-likeness (QED) is 0.427. The van der Waals surface area contributed by atoms with Crippen molar-refractivity contribution in [2.24, 2.45) is 0 Å². The van der Waals surface area contributed by atoms with Crippen molar-refractivity contribution in [1.82, 2.24) is 9.80 Å². The summed E-state index contributed by atoms with van der Waals surface area (Å²) in [6.45, 7) is 8.14. The van der Waals surface area contributed by atoms with Crippen LogP contribution in [0.3, 0.4) is 0 Å². The van der Waals surface area contributed by atoms with Gasteiger partial charge in [0.1, 0.15) is 0 Å². The topological polar surface area (TPSA) is 6.48 Å². The Morgan fingerprint density at radius 3 is 1.65 bits per heavy atom. The van der Waals surface area contributed by atoms with Crippen LogP contribution in [0.5, 0.6) is 0 Å². The fourth-order valence-electron chi connectivity index (χ4n) is 2.62. The number of unbranched alkanes of at least 4 members (excludes halogenated alkanes) is 8. The van der Waals surface area contributed by atoms with Crippen LogP contribution in [-0.2, 0) is 0 Å². The van der Waals surface area contributed by atoms with Crippen molar-refractivity contribution >= 4 is 17.0 Å². The molecule has 20 heavy (non-hydrogen) atoms. The second-order valence-corrected chi connectivity index (χ2v) is 5.89. The molecule has 0 bridgehead atoms. The SMILES string of the molecule is Br.CCCCCCCCCCN1C=CN(CCCC)C1. The molecule has 1 heterocycles. The predicted octanol–water partition coefficient (Wildman–Crippen LogP) is 5.55. The summed E-state index contributed by atoms with van der Waals surface area (Å²) in [4.78, 5) is 4.90. The van der Waals surface area contributed by atoms with Gasteiger partial charge >= 0.3 is 0 Å². The van der Waals surface area contributed by atoms with E-state index in [0.29, 0.717) is 0 Å². The molecule has 120 valence electrons. The van der Waals surface area contributed by atoms with E-state index in [1.165, 1.54) is 77.3 Å². The van der Waals surface area contributed by atoms with Crippen LogP contribution in [0.4, 0.5) is 0 Å². The largest absolute Gasteiger partial charge is 0.359 e. The van der Waals surface area contributed by atoms with Crippen LogP contribution >= 0.6 is 17.0 Å². The molecule has 0 saturated heterocycles. The van der Waals surface area contributed by atoms with E-state index in [1.807, 2.05) is 0 Å². The van der Waals surface area contributed by atoms with E-state index in [-0.39, 0.29) is 17.0 Å². The lowest BCUT2D eigenvalue weighted by molar-refractivity contribution is 0.258. The molecular weight excluding hydrogens is 312 g/mol. The first-order valence-corrected chi connectivity index (χ1v) is 8.53. The van der Waals surface area contributed by atoms with Crippen molar-refractivity contribution in [1.29, 1.82) is 0 Å². The molecule has 2 nitrogen and oxygen atoms in total. The van der Waals surface area contributed by atoms with Gasteiger partial charge in [0.05, 0.1) is 6.67 Å². The van der Waals surface area contributed by atoms with Gasteiger partial charge in [-0.3, -0.25) is 0 Å². The van der Waals surface area contributed by atoms with Crippen LogP contribution in [0.1, 0.15) is 78.1 Å². The second kappa shape index (κ2) is 13.8. The Balaban J connectivity index is 0.00000361. The Labute approximate surface area is 137 Å². The molecule has 0 radical (unpaired) electrons. The van der Waals surface area contributed by atoms with E-state index in [4.69, 9.17) is 0 Å². The molecule has 0 N–H and O–H groups in total. The molecule has 0 aliphatic carbocycles. The normalized spacial score (nSPS) is 13.9. The van der Waals surface area contributed by atoms with E-state index < -0.39 is 0 Å². The highest BCUT2D eigenvalue weighted by atomic mass is 79.9. The van der Waals surface area contributed by atoms with Crippen molar-refractivity contribution < 1.29 is 0 Å². The Hall–Kier alpha value is -0.180. The number of hydrogen-bond acceptors (Lipinski definition) is 2. The average molecular weight is 347 g/mol. The standard InChI is InChI=1S/C17H34N2.BrH/c1-3-5-7-8-9-10-11-12-14-19-16-15-18(17-19)13-6-4-2;/h15-16H,3-14,17H2,1-2H3;1H. The van der Waals surface area contributed by atoms with Crippen molar-refractivity contribution in [3.63, 3.8) is 0 Å². The van der Waals surface area contributed by atoms with E-state index in [2.05, 4.69) is 36.0 Å². The maximum atomic E-state index is 2.47. The molecule has 3 heteroatoms. The van der Waals surface area contributed by atoms with Crippen molar-refractivity contribution in [2.75, 3.05) is 19.8 Å². The fraction of sp³-hybridized carbons (Fsp3) is 0.882. The maximum Gasteiger partial charge on any atom is 0.0893 e. The van der Waals surface area contributed by atoms with Crippen LogP contribution in [0.2, 0.25) is 0 Å². The van der Waals surface area contributed by atoms with E-state index in [9.17, 15) is 0 Å². The van der Waals surface area contributed by atoms with Crippen LogP contribution in [0, 0.1) is 0 Å². The summed E-state index contributed by atoms with van der Waals surface area (Å²) in [6, 6.07) is 0. The van der Waals surface area contributed by atoms with Crippen LogP contribution in [0.15, 0.2) is 12.4 Å². The zero-order valence-electron chi connectivity index (χ0n) is 13.6. The summed E-state index contributed by atoms with van der Waals surface area (Å²) in [5, 5.41) is 0. The van der Waals surface area contributed by atoms with Gasteiger partial charge in [-0.2, -0.15) is 0 Å². The van der Waals surface area contributed by atoms with E-state index in [0.717, 1.165) is 6.67 Å². The summed E-state index contributed by atoms with van der Waals surface area (Å²) >= 11 is 0. The molecule has 0 spiro atoms. The second-order valence-electron chi connectivity index (χ2n) is 5.89. The predicted molar refractivity (Wildman–Crippen MR) is 95.3 cm³/mol. The van der Waals surface area contributed by atoms with Gasteiger partial charge in [-0.05, 0) is 12.8 Å². The summed E-state index contributed by atoms with van der Waals surface area (Å²) in [6.07, 6.45) is 18.5. The first kappa shape index (κ1) is 19.8. The van der Waals surface area contributed by atoms with Gasteiger partial charge in [-0.1, -0.05) is 65.2 Å². The molecule has 0 aromatic heterocycles. The molecule has 0 aromatic carbocycles. The lowest BCUT2D eigenvalue weighted by Gasteiger charge is -2.21. The summed E-state index contributed by atoms with van der Waals surface area (Å²) < 4.78 is 0. The Morgan fingerprint density at radius 1 is 0.650 bits per heavy atom. The van der Waals surface area contributed by atoms with Gasteiger partial charge in [0.25, 0.3) is 0 Å². The van der Waals surface area contributed by atoms with Gasteiger partial charge < -0.3 is 9.80 Å². The molecule has 0 aromatic rings. The minimum Gasteiger partial charge on any atom is -0.359 e. The highest BCUT2D eigenvalue weighted by Crippen LogP contribution is 2.12. The van der Waals surface area contributed by atoms with Crippen molar-refractivity contribution in [3.8, 4) is 0 Å². The molecule has 0 fully saturated rings. The maximum absolute atomic E-state index is 2.47. The summed E-state index contributed by atoms with van der Waals surface area (Å²) in [7, 11) is 0. The monoisotopic (exact) mass is 346 g/mol. The third-order valence-electron chi connectivity index (χ3n) is 3.95. The zero-order valence-corrected chi connectivity index (χ0v) is 15.4. The van der Waals surface area contributed by atoms with Gasteiger partial charge in [0.2, 0.25) is 0 Å². The van der Waals surface area contributed by atoms with Gasteiger partial charge in [-0.15, -0.1) is 17.0 Å². The molecule has 0 unspecified atom stereocenters. The average Bonchev–Trinajstić information content (AvgIpc) is 2.87. The Kier molecular flexibility index (Phi) is 13.7. The summed E-state index contributed by atoms with van der Waals surface area (Å²) in [5.74, 6) is 0. The number of halogens is 1. The Morgan fingerprint density at radius 2 is 1.10 bits per heavy atom. The summed E-state index contributed by atoms with van der Waals surface area (Å²) in [5.41, 5.74) is 0. The molecular formula is C17H35BrN2. The number of hydrogen-bond donors (Lipinski definition) is 0. The van der Waals surface area contributed by atoms with Gasteiger partial charge in [0.15, 0.2) is 0 Å². The zero-order chi connectivity index (χ0) is 13.8. The van der Waals surface area contributed by atoms with Crippen molar-refractivity contribution in [2.45, 2.75) is 78.1 Å². The molecule has 1 aliphatic rings. The first-order valence-electron chi connectivity index (χ1n) is 8.53. The van der Waals surface area contributed by atoms with Gasteiger partial charge in [-0.25, -0.2) is 0 Å².